The van der Waals surface area contributed by atoms with Crippen LogP contribution < -0.4 is 10.1 Å². The minimum absolute atomic E-state index is 0.307. The highest BCUT2D eigenvalue weighted by Gasteiger charge is 2.27. The largest absolute Gasteiger partial charge is 0.490 e. The number of nitrogens with one attached hydrogen (secondary N) is 1. The maximum absolute atomic E-state index is 6.04. The van der Waals surface area contributed by atoms with Crippen molar-refractivity contribution < 1.29 is 4.74 Å². The number of benzene rings is 1. The maximum atomic E-state index is 6.04. The summed E-state index contributed by atoms with van der Waals surface area (Å²) in [6.07, 6.45) is 2.42. The predicted molar refractivity (Wildman–Crippen MR) is 71.7 cm³/mol. The summed E-state index contributed by atoms with van der Waals surface area (Å²) in [4.78, 5) is 0. The molecule has 0 amide bonds. The molecule has 1 aromatic carbocycles. The van der Waals surface area contributed by atoms with Gasteiger partial charge in [0, 0.05) is 23.0 Å². The van der Waals surface area contributed by atoms with Crippen LogP contribution in [0, 0.1) is 5.92 Å². The van der Waals surface area contributed by atoms with Gasteiger partial charge < -0.3 is 10.1 Å². The Labute approximate surface area is 108 Å². The van der Waals surface area contributed by atoms with E-state index in [4.69, 9.17) is 16.3 Å². The van der Waals surface area contributed by atoms with Gasteiger partial charge in [0.1, 0.15) is 11.9 Å². The fourth-order valence-corrected chi connectivity index (χ4v) is 2.64. The van der Waals surface area contributed by atoms with Crippen LogP contribution in [0.1, 0.15) is 38.3 Å². The molecular weight excluding hydrogens is 234 g/mol. The molecule has 2 atom stereocenters. The summed E-state index contributed by atoms with van der Waals surface area (Å²) in [5.41, 5.74) is 1.18. The summed E-state index contributed by atoms with van der Waals surface area (Å²) in [6, 6.07) is 6.23. The molecule has 1 aromatic rings. The Balaban J connectivity index is 2.23. The lowest BCUT2D eigenvalue weighted by Gasteiger charge is -2.33. The predicted octanol–water partition coefficient (Wildman–Crippen LogP) is 3.80. The summed E-state index contributed by atoms with van der Waals surface area (Å²) < 4.78 is 6.03. The van der Waals surface area contributed by atoms with E-state index in [9.17, 15) is 0 Å². The van der Waals surface area contributed by atoms with Gasteiger partial charge in [-0.15, -0.1) is 0 Å². The third-order valence-electron chi connectivity index (χ3n) is 3.22. The second kappa shape index (κ2) is 5.28. The highest BCUT2D eigenvalue weighted by molar-refractivity contribution is 6.30. The number of fused-ring (bicyclic) bond motifs is 1. The Kier molecular flexibility index (Phi) is 3.95. The number of halogens is 1. The molecule has 3 heteroatoms. The monoisotopic (exact) mass is 253 g/mol. The molecule has 94 valence electrons. The van der Waals surface area contributed by atoms with Gasteiger partial charge in [-0.1, -0.05) is 25.4 Å². The maximum Gasteiger partial charge on any atom is 0.124 e. The highest BCUT2D eigenvalue weighted by Crippen LogP contribution is 2.37. The van der Waals surface area contributed by atoms with Gasteiger partial charge in [-0.05, 0) is 37.6 Å². The standard InChI is InChI=1S/C14H20ClNO/c1-9(2)6-11-8-13(16-3)12-7-10(15)4-5-14(12)17-11/h4-5,7,9,11,13,16H,6,8H2,1-3H3. The zero-order valence-electron chi connectivity index (χ0n) is 10.7. The third-order valence-corrected chi connectivity index (χ3v) is 3.46. The molecule has 2 unspecified atom stereocenters. The molecule has 2 nitrogen and oxygen atoms in total. The summed E-state index contributed by atoms with van der Waals surface area (Å²) in [6.45, 7) is 4.46. The molecule has 1 aliphatic rings. The molecule has 0 spiro atoms. The molecule has 0 bridgehead atoms. The van der Waals surface area contributed by atoms with Gasteiger partial charge in [-0.25, -0.2) is 0 Å². The molecule has 0 radical (unpaired) electrons. The van der Waals surface area contributed by atoms with Crippen LogP contribution in [0.15, 0.2) is 18.2 Å². The second-order valence-electron chi connectivity index (χ2n) is 5.13. The van der Waals surface area contributed by atoms with Crippen molar-refractivity contribution >= 4 is 11.6 Å². The lowest BCUT2D eigenvalue weighted by molar-refractivity contribution is 0.130. The fraction of sp³-hybridized carbons (Fsp3) is 0.571. The van der Waals surface area contributed by atoms with Crippen molar-refractivity contribution in [3.8, 4) is 5.75 Å². The molecule has 1 heterocycles. The molecule has 17 heavy (non-hydrogen) atoms. The first-order valence-corrected chi connectivity index (χ1v) is 6.61. The summed E-state index contributed by atoms with van der Waals surface area (Å²) >= 11 is 6.04. The molecule has 0 aliphatic carbocycles. The van der Waals surface area contributed by atoms with Crippen molar-refractivity contribution in [1.82, 2.24) is 5.32 Å². The van der Waals surface area contributed by atoms with Crippen molar-refractivity contribution in [3.63, 3.8) is 0 Å². The fourth-order valence-electron chi connectivity index (χ4n) is 2.46. The minimum atomic E-state index is 0.307. The van der Waals surface area contributed by atoms with Crippen molar-refractivity contribution in [2.24, 2.45) is 5.92 Å². The molecule has 1 aliphatic heterocycles. The quantitative estimate of drug-likeness (QED) is 0.885. The first kappa shape index (κ1) is 12.7. The molecule has 2 rings (SSSR count). The zero-order valence-corrected chi connectivity index (χ0v) is 11.4. The van der Waals surface area contributed by atoms with Gasteiger partial charge in [0.15, 0.2) is 0 Å². The SMILES string of the molecule is CNC1CC(CC(C)C)Oc2ccc(Cl)cc21. The topological polar surface area (TPSA) is 21.3 Å². The smallest absolute Gasteiger partial charge is 0.124 e. The van der Waals surface area contributed by atoms with E-state index in [1.807, 2.05) is 25.2 Å². The second-order valence-corrected chi connectivity index (χ2v) is 5.56. The number of rotatable bonds is 3. The molecule has 0 fully saturated rings. The van der Waals surface area contributed by atoms with Crippen molar-refractivity contribution in [3.05, 3.63) is 28.8 Å². The lowest BCUT2D eigenvalue weighted by atomic mass is 9.92. The Morgan fingerprint density at radius 2 is 2.24 bits per heavy atom. The van der Waals surface area contributed by atoms with Crippen LogP contribution in [0.2, 0.25) is 5.02 Å². The van der Waals surface area contributed by atoms with E-state index in [1.54, 1.807) is 0 Å². The molecule has 0 aromatic heterocycles. The Morgan fingerprint density at radius 1 is 1.47 bits per heavy atom. The van der Waals surface area contributed by atoms with Gasteiger partial charge in [-0.2, -0.15) is 0 Å². The van der Waals surface area contributed by atoms with Crippen LogP contribution in [0.25, 0.3) is 0 Å². The zero-order chi connectivity index (χ0) is 12.4. The molecule has 1 N–H and O–H groups in total. The van der Waals surface area contributed by atoms with Gasteiger partial charge in [0.2, 0.25) is 0 Å². The van der Waals surface area contributed by atoms with E-state index in [-0.39, 0.29) is 0 Å². The Morgan fingerprint density at radius 3 is 2.88 bits per heavy atom. The van der Waals surface area contributed by atoms with Crippen LogP contribution in [0.5, 0.6) is 5.75 Å². The van der Waals surface area contributed by atoms with Crippen molar-refractivity contribution in [2.45, 2.75) is 38.8 Å². The van der Waals surface area contributed by atoms with E-state index in [2.05, 4.69) is 19.2 Å². The van der Waals surface area contributed by atoms with Crippen molar-refractivity contribution in [1.29, 1.82) is 0 Å². The normalized spacial score (nSPS) is 23.4. The van der Waals surface area contributed by atoms with Gasteiger partial charge in [-0.3, -0.25) is 0 Å². The summed E-state index contributed by atoms with van der Waals surface area (Å²) in [7, 11) is 1.99. The third kappa shape index (κ3) is 2.93. The highest BCUT2D eigenvalue weighted by atomic mass is 35.5. The van der Waals surface area contributed by atoms with Crippen molar-refractivity contribution in [2.75, 3.05) is 7.05 Å². The van der Waals surface area contributed by atoms with Crippen LogP contribution >= 0.6 is 11.6 Å². The van der Waals surface area contributed by atoms with Crippen LogP contribution in [0.3, 0.4) is 0 Å². The lowest BCUT2D eigenvalue weighted by Crippen LogP contribution is -2.32. The van der Waals surface area contributed by atoms with E-state index >= 15 is 0 Å². The van der Waals surface area contributed by atoms with E-state index < -0.39 is 0 Å². The minimum Gasteiger partial charge on any atom is -0.490 e. The molecule has 0 saturated carbocycles. The summed E-state index contributed by atoms with van der Waals surface area (Å²) in [5, 5.41) is 4.12. The summed E-state index contributed by atoms with van der Waals surface area (Å²) in [5.74, 6) is 1.64. The first-order valence-electron chi connectivity index (χ1n) is 6.23. The molecule has 0 saturated heterocycles. The Bertz CT molecular complexity index is 392. The van der Waals surface area contributed by atoms with Crippen LogP contribution in [-0.4, -0.2) is 13.2 Å². The average Bonchev–Trinajstić information content (AvgIpc) is 2.27. The van der Waals surface area contributed by atoms with Gasteiger partial charge in [0.25, 0.3) is 0 Å². The van der Waals surface area contributed by atoms with E-state index in [0.717, 1.165) is 23.6 Å². The average molecular weight is 254 g/mol. The first-order chi connectivity index (χ1) is 8.10. The van der Waals surface area contributed by atoms with Crippen LogP contribution in [-0.2, 0) is 0 Å². The van der Waals surface area contributed by atoms with Gasteiger partial charge in [0.05, 0.1) is 0 Å². The Hall–Kier alpha value is -0.730. The molecular formula is C14H20ClNO. The number of ether oxygens (including phenoxy) is 1. The van der Waals surface area contributed by atoms with Crippen LogP contribution in [0.4, 0.5) is 0 Å². The number of hydrogen-bond acceptors (Lipinski definition) is 2. The van der Waals surface area contributed by atoms with E-state index in [1.165, 1.54) is 5.56 Å². The number of hydrogen-bond donors (Lipinski definition) is 1. The van der Waals surface area contributed by atoms with Gasteiger partial charge >= 0.3 is 0 Å². The van der Waals surface area contributed by atoms with E-state index in [0.29, 0.717) is 18.1 Å².